The van der Waals surface area contributed by atoms with E-state index in [0.29, 0.717) is 5.02 Å². The summed E-state index contributed by atoms with van der Waals surface area (Å²) in [7, 11) is 0. The molecule has 1 heterocycles. The van der Waals surface area contributed by atoms with Crippen molar-refractivity contribution in [3.63, 3.8) is 0 Å². The van der Waals surface area contributed by atoms with Crippen molar-refractivity contribution in [1.29, 1.82) is 0 Å². The highest BCUT2D eigenvalue weighted by Gasteiger charge is 2.06. The van der Waals surface area contributed by atoms with E-state index in [0.717, 1.165) is 5.69 Å². The minimum absolute atomic E-state index is 0.661. The van der Waals surface area contributed by atoms with E-state index in [1.165, 1.54) is 16.7 Å². The first-order chi connectivity index (χ1) is 7.08. The van der Waals surface area contributed by atoms with Gasteiger partial charge in [0, 0.05) is 6.20 Å². The number of hydrogen-bond donors (Lipinski definition) is 0. The highest BCUT2D eigenvalue weighted by Crippen LogP contribution is 2.21. The lowest BCUT2D eigenvalue weighted by atomic mass is 10.1. The maximum atomic E-state index is 5.86. The lowest BCUT2D eigenvalue weighted by Crippen LogP contribution is -2.00. The van der Waals surface area contributed by atoms with Gasteiger partial charge in [-0.25, -0.2) is 4.68 Å². The molecule has 0 saturated carbocycles. The van der Waals surface area contributed by atoms with E-state index < -0.39 is 0 Å². The lowest BCUT2D eigenvalue weighted by molar-refractivity contribution is 0.864. The van der Waals surface area contributed by atoms with Crippen LogP contribution in [-0.2, 0) is 0 Å². The Labute approximate surface area is 94.5 Å². The van der Waals surface area contributed by atoms with Gasteiger partial charge in [-0.2, -0.15) is 5.10 Å². The van der Waals surface area contributed by atoms with Crippen LogP contribution in [0.25, 0.3) is 5.69 Å². The summed E-state index contributed by atoms with van der Waals surface area (Å²) in [5.41, 5.74) is 4.82. The summed E-state index contributed by atoms with van der Waals surface area (Å²) in [6, 6.07) is 4.30. The average molecular weight is 221 g/mol. The van der Waals surface area contributed by atoms with Gasteiger partial charge in [-0.15, -0.1) is 0 Å². The van der Waals surface area contributed by atoms with Crippen LogP contribution in [-0.4, -0.2) is 9.78 Å². The molecule has 0 spiro atoms. The van der Waals surface area contributed by atoms with Crippen LogP contribution < -0.4 is 0 Å². The second kappa shape index (κ2) is 3.70. The maximum Gasteiger partial charge on any atom is 0.0790 e. The topological polar surface area (TPSA) is 17.8 Å². The fraction of sp³-hybridized carbons (Fsp3) is 0.250. The molecule has 0 N–H and O–H groups in total. The molecule has 0 amide bonds. The van der Waals surface area contributed by atoms with Crippen molar-refractivity contribution < 1.29 is 0 Å². The van der Waals surface area contributed by atoms with Crippen molar-refractivity contribution in [3.05, 3.63) is 46.2 Å². The second-order valence-electron chi connectivity index (χ2n) is 3.85. The first kappa shape index (κ1) is 10.2. The van der Waals surface area contributed by atoms with Gasteiger partial charge in [0.15, 0.2) is 0 Å². The summed E-state index contributed by atoms with van der Waals surface area (Å²) < 4.78 is 1.83. The number of benzene rings is 1. The second-order valence-corrected chi connectivity index (χ2v) is 4.29. The predicted molar refractivity (Wildman–Crippen MR) is 62.8 cm³/mol. The molecule has 0 radical (unpaired) electrons. The van der Waals surface area contributed by atoms with Crippen molar-refractivity contribution in [2.45, 2.75) is 20.8 Å². The van der Waals surface area contributed by atoms with E-state index in [9.17, 15) is 0 Å². The fourth-order valence-electron chi connectivity index (χ4n) is 1.96. The molecular formula is C12H13ClN2. The zero-order chi connectivity index (χ0) is 11.0. The van der Waals surface area contributed by atoms with Crippen LogP contribution in [0.4, 0.5) is 0 Å². The Balaban J connectivity index is 2.62. The minimum Gasteiger partial charge on any atom is -0.239 e. The minimum atomic E-state index is 0.661. The third kappa shape index (κ3) is 1.90. The van der Waals surface area contributed by atoms with Gasteiger partial charge in [0.25, 0.3) is 0 Å². The third-order valence-corrected chi connectivity index (χ3v) is 2.61. The van der Waals surface area contributed by atoms with Gasteiger partial charge in [-0.3, -0.25) is 0 Å². The van der Waals surface area contributed by atoms with Crippen LogP contribution in [0, 0.1) is 20.8 Å². The molecule has 2 nitrogen and oxygen atoms in total. The van der Waals surface area contributed by atoms with Crippen molar-refractivity contribution in [1.82, 2.24) is 9.78 Å². The Hall–Kier alpha value is -1.28. The van der Waals surface area contributed by atoms with Crippen LogP contribution in [0.1, 0.15) is 16.7 Å². The van der Waals surface area contributed by atoms with E-state index >= 15 is 0 Å². The first-order valence-electron chi connectivity index (χ1n) is 4.86. The smallest absolute Gasteiger partial charge is 0.0790 e. The zero-order valence-electron chi connectivity index (χ0n) is 9.08. The normalized spacial score (nSPS) is 10.7. The monoisotopic (exact) mass is 220 g/mol. The molecule has 0 fully saturated rings. The molecule has 1 aromatic carbocycles. The van der Waals surface area contributed by atoms with E-state index in [1.54, 1.807) is 6.20 Å². The molecule has 15 heavy (non-hydrogen) atoms. The summed E-state index contributed by atoms with van der Waals surface area (Å²) in [5, 5.41) is 4.88. The Bertz CT molecular complexity index is 477. The number of rotatable bonds is 1. The largest absolute Gasteiger partial charge is 0.239 e. The van der Waals surface area contributed by atoms with E-state index in [1.807, 2.05) is 10.9 Å². The van der Waals surface area contributed by atoms with Crippen LogP contribution in [0.2, 0.25) is 5.02 Å². The van der Waals surface area contributed by atoms with Crippen molar-refractivity contribution in [2.75, 3.05) is 0 Å². The molecule has 0 saturated heterocycles. The Morgan fingerprint density at radius 3 is 2.20 bits per heavy atom. The number of hydrogen-bond acceptors (Lipinski definition) is 1. The number of halogens is 1. The molecule has 3 heteroatoms. The molecule has 0 bridgehead atoms. The van der Waals surface area contributed by atoms with E-state index in [4.69, 9.17) is 11.6 Å². The third-order valence-electron chi connectivity index (χ3n) is 2.42. The molecule has 0 unspecified atom stereocenters. The molecule has 0 atom stereocenters. The predicted octanol–water partition coefficient (Wildman–Crippen LogP) is 3.45. The molecule has 0 aliphatic carbocycles. The quantitative estimate of drug-likeness (QED) is 0.720. The van der Waals surface area contributed by atoms with Gasteiger partial charge < -0.3 is 0 Å². The SMILES string of the molecule is Cc1cc(C)c(-n2cc(Cl)cn2)c(C)c1. The van der Waals surface area contributed by atoms with Crippen LogP contribution in [0.15, 0.2) is 24.5 Å². The van der Waals surface area contributed by atoms with Crippen LogP contribution >= 0.6 is 11.6 Å². The first-order valence-corrected chi connectivity index (χ1v) is 5.24. The molecule has 2 rings (SSSR count). The number of aryl methyl sites for hydroxylation is 3. The van der Waals surface area contributed by atoms with Crippen molar-refractivity contribution in [3.8, 4) is 5.69 Å². The molecule has 0 aliphatic rings. The number of aromatic nitrogens is 2. The van der Waals surface area contributed by atoms with Gasteiger partial charge in [-0.1, -0.05) is 29.3 Å². The lowest BCUT2D eigenvalue weighted by Gasteiger charge is -2.10. The molecule has 0 aliphatic heterocycles. The highest BCUT2D eigenvalue weighted by atomic mass is 35.5. The van der Waals surface area contributed by atoms with Crippen LogP contribution in [0.5, 0.6) is 0 Å². The van der Waals surface area contributed by atoms with Crippen LogP contribution in [0.3, 0.4) is 0 Å². The van der Waals surface area contributed by atoms with Crippen molar-refractivity contribution >= 4 is 11.6 Å². The Kier molecular flexibility index (Phi) is 2.53. The van der Waals surface area contributed by atoms with Gasteiger partial charge in [0.05, 0.1) is 16.9 Å². The Morgan fingerprint density at radius 1 is 1.13 bits per heavy atom. The fourth-order valence-corrected chi connectivity index (χ4v) is 2.09. The summed E-state index contributed by atoms with van der Waals surface area (Å²) in [4.78, 5) is 0. The standard InChI is InChI=1S/C12H13ClN2/c1-8-4-9(2)12(10(3)5-8)15-7-11(13)6-14-15/h4-7H,1-3H3. The number of nitrogens with zero attached hydrogens (tertiary/aromatic N) is 2. The summed E-state index contributed by atoms with van der Waals surface area (Å²) in [5.74, 6) is 0. The zero-order valence-corrected chi connectivity index (χ0v) is 9.84. The molecular weight excluding hydrogens is 208 g/mol. The summed E-state index contributed by atoms with van der Waals surface area (Å²) in [6.45, 7) is 6.27. The van der Waals surface area contributed by atoms with Gasteiger partial charge >= 0.3 is 0 Å². The van der Waals surface area contributed by atoms with E-state index in [2.05, 4.69) is 38.0 Å². The maximum absolute atomic E-state index is 5.86. The van der Waals surface area contributed by atoms with Gasteiger partial charge in [0.1, 0.15) is 0 Å². The molecule has 78 valence electrons. The highest BCUT2D eigenvalue weighted by molar-refractivity contribution is 6.30. The Morgan fingerprint density at radius 2 is 1.73 bits per heavy atom. The van der Waals surface area contributed by atoms with Crippen molar-refractivity contribution in [2.24, 2.45) is 0 Å². The van der Waals surface area contributed by atoms with E-state index in [-0.39, 0.29) is 0 Å². The van der Waals surface area contributed by atoms with Gasteiger partial charge in [-0.05, 0) is 31.9 Å². The van der Waals surface area contributed by atoms with Gasteiger partial charge in [0.2, 0.25) is 0 Å². The molecule has 1 aromatic heterocycles. The summed E-state index contributed by atoms with van der Waals surface area (Å²) in [6.07, 6.45) is 3.48. The molecule has 2 aromatic rings. The average Bonchev–Trinajstić information content (AvgIpc) is 2.49. The summed E-state index contributed by atoms with van der Waals surface area (Å²) >= 11 is 5.86.